The minimum absolute atomic E-state index is 0.0989. The first-order valence-electron chi connectivity index (χ1n) is 13.9. The number of ether oxygens (including phenoxy) is 1. The summed E-state index contributed by atoms with van der Waals surface area (Å²) in [7, 11) is 0. The van der Waals surface area contributed by atoms with Gasteiger partial charge in [-0.05, 0) is 73.2 Å². The number of aryl methyl sites for hydroxylation is 3. The highest BCUT2D eigenvalue weighted by molar-refractivity contribution is 8.15. The average Bonchev–Trinajstić information content (AvgIpc) is 3.62. The molecule has 0 spiro atoms. The summed E-state index contributed by atoms with van der Waals surface area (Å²) < 4.78 is 42.6. The fourth-order valence-corrected chi connectivity index (χ4v) is 5.64. The van der Waals surface area contributed by atoms with E-state index in [0.29, 0.717) is 36.1 Å². The molecule has 228 valence electrons. The minimum atomic E-state index is -4.76. The van der Waals surface area contributed by atoms with Crippen LogP contribution in [0.5, 0.6) is 5.75 Å². The van der Waals surface area contributed by atoms with Gasteiger partial charge in [0.1, 0.15) is 12.1 Å². The average molecular weight is 623 g/mol. The third kappa shape index (κ3) is 7.46. The number of halogens is 3. The third-order valence-corrected chi connectivity index (χ3v) is 7.74. The highest BCUT2D eigenvalue weighted by atomic mass is 32.2. The number of nitrogens with zero attached hydrogens (tertiary/aromatic N) is 5. The number of nitrogens with one attached hydrogen (secondary N) is 1. The zero-order chi connectivity index (χ0) is 31.3. The Bertz CT molecular complexity index is 1690. The molecule has 2 heterocycles. The first kappa shape index (κ1) is 30.8. The quantitative estimate of drug-likeness (QED) is 0.215. The van der Waals surface area contributed by atoms with Crippen LogP contribution in [0.2, 0.25) is 0 Å². The number of anilines is 1. The van der Waals surface area contributed by atoms with E-state index in [4.69, 9.17) is 0 Å². The van der Waals surface area contributed by atoms with Crippen molar-refractivity contribution in [2.75, 3.05) is 17.2 Å². The van der Waals surface area contributed by atoms with Crippen LogP contribution >= 0.6 is 11.8 Å². The molecule has 0 bridgehead atoms. The van der Waals surface area contributed by atoms with Crippen molar-refractivity contribution in [3.8, 4) is 22.8 Å². The fourth-order valence-electron chi connectivity index (χ4n) is 4.79. The number of carbonyl (C=O) groups excluding carboxylic acids is 2. The summed E-state index contributed by atoms with van der Waals surface area (Å²) in [5, 5.41) is 7.65. The number of thioether (sulfide) groups is 1. The molecular weight excluding hydrogens is 593 g/mol. The number of amidine groups is 1. The molecule has 9 nitrogen and oxygen atoms in total. The number of carbonyl (C=O) groups is 2. The van der Waals surface area contributed by atoms with Gasteiger partial charge in [-0.3, -0.25) is 9.69 Å². The number of amides is 3. The normalized spacial score (nSPS) is 14.3. The Morgan fingerprint density at radius 3 is 2.64 bits per heavy atom. The summed E-state index contributed by atoms with van der Waals surface area (Å²) in [6, 6.07) is 18.4. The van der Waals surface area contributed by atoms with Crippen LogP contribution in [-0.2, 0) is 17.6 Å². The zero-order valence-corrected chi connectivity index (χ0v) is 24.8. The van der Waals surface area contributed by atoms with Crippen LogP contribution in [0.1, 0.15) is 30.0 Å². The van der Waals surface area contributed by atoms with Crippen molar-refractivity contribution < 1.29 is 27.5 Å². The van der Waals surface area contributed by atoms with Gasteiger partial charge in [-0.1, -0.05) is 55.1 Å². The lowest BCUT2D eigenvalue weighted by molar-refractivity contribution is -0.274. The Morgan fingerprint density at radius 1 is 1.11 bits per heavy atom. The molecule has 4 aromatic rings. The van der Waals surface area contributed by atoms with Gasteiger partial charge in [-0.2, -0.15) is 4.99 Å². The van der Waals surface area contributed by atoms with Crippen LogP contribution in [0.4, 0.5) is 23.7 Å². The molecule has 1 saturated heterocycles. The van der Waals surface area contributed by atoms with E-state index < -0.39 is 12.4 Å². The van der Waals surface area contributed by atoms with E-state index in [2.05, 4.69) is 25.1 Å². The molecule has 0 atom stereocenters. The SMILES string of the molecule is CCc1cccc(C)c1N1C(=O)CSC1=NC(=O)NCCCc1cccc(-c2ncn(-c3ccc(OC(F)(F)F)cc3)n2)c1. The number of aromatic nitrogens is 3. The first-order valence-corrected chi connectivity index (χ1v) is 14.9. The lowest BCUT2D eigenvalue weighted by Gasteiger charge is -2.21. The second-order valence-electron chi connectivity index (χ2n) is 9.94. The van der Waals surface area contributed by atoms with Gasteiger partial charge in [0.15, 0.2) is 11.0 Å². The second-order valence-corrected chi connectivity index (χ2v) is 10.9. The van der Waals surface area contributed by atoms with Gasteiger partial charge in [-0.25, -0.2) is 14.5 Å². The van der Waals surface area contributed by atoms with Gasteiger partial charge in [0, 0.05) is 12.1 Å². The monoisotopic (exact) mass is 622 g/mol. The lowest BCUT2D eigenvalue weighted by atomic mass is 10.0. The number of para-hydroxylation sites is 1. The molecule has 5 rings (SSSR count). The Labute approximate surface area is 256 Å². The number of aliphatic imine (C=N–C) groups is 1. The van der Waals surface area contributed by atoms with Crippen molar-refractivity contribution in [1.82, 2.24) is 20.1 Å². The van der Waals surface area contributed by atoms with Crippen molar-refractivity contribution >= 4 is 34.6 Å². The largest absolute Gasteiger partial charge is 0.573 e. The molecule has 3 aromatic carbocycles. The topological polar surface area (TPSA) is 102 Å². The second kappa shape index (κ2) is 13.3. The Morgan fingerprint density at radius 2 is 1.89 bits per heavy atom. The summed E-state index contributed by atoms with van der Waals surface area (Å²) in [5.41, 5.74) is 5.09. The molecule has 3 amide bonds. The maximum atomic E-state index is 12.7. The predicted octanol–water partition coefficient (Wildman–Crippen LogP) is 6.48. The molecule has 1 N–H and O–H groups in total. The molecule has 1 aliphatic heterocycles. The number of hydrogen-bond donors (Lipinski definition) is 1. The molecule has 0 unspecified atom stereocenters. The van der Waals surface area contributed by atoms with Crippen LogP contribution in [0.15, 0.2) is 78.0 Å². The van der Waals surface area contributed by atoms with E-state index in [1.54, 1.807) is 4.90 Å². The summed E-state index contributed by atoms with van der Waals surface area (Å²) in [6.07, 6.45) is -1.19. The van der Waals surface area contributed by atoms with E-state index in [1.807, 2.05) is 56.3 Å². The number of urea groups is 1. The van der Waals surface area contributed by atoms with Crippen LogP contribution in [0, 0.1) is 6.92 Å². The molecule has 0 radical (unpaired) electrons. The van der Waals surface area contributed by atoms with Crippen molar-refractivity contribution in [2.45, 2.75) is 39.5 Å². The van der Waals surface area contributed by atoms with Crippen molar-refractivity contribution in [3.63, 3.8) is 0 Å². The number of rotatable bonds is 9. The predicted molar refractivity (Wildman–Crippen MR) is 163 cm³/mol. The van der Waals surface area contributed by atoms with Gasteiger partial charge >= 0.3 is 12.4 Å². The Balaban J connectivity index is 1.16. The van der Waals surface area contributed by atoms with E-state index >= 15 is 0 Å². The van der Waals surface area contributed by atoms with Crippen LogP contribution in [0.3, 0.4) is 0 Å². The minimum Gasteiger partial charge on any atom is -0.406 e. The fraction of sp³-hybridized carbons (Fsp3) is 0.258. The van der Waals surface area contributed by atoms with E-state index in [1.165, 1.54) is 47.0 Å². The van der Waals surface area contributed by atoms with Crippen LogP contribution < -0.4 is 15.0 Å². The smallest absolute Gasteiger partial charge is 0.406 e. The highest BCUT2D eigenvalue weighted by Crippen LogP contribution is 2.33. The summed E-state index contributed by atoms with van der Waals surface area (Å²) in [6.45, 7) is 4.36. The molecule has 0 saturated carbocycles. The Hall–Kier alpha value is -4.65. The van der Waals surface area contributed by atoms with Gasteiger partial charge in [0.2, 0.25) is 5.91 Å². The molecule has 13 heteroatoms. The maximum absolute atomic E-state index is 12.7. The summed E-state index contributed by atoms with van der Waals surface area (Å²) >= 11 is 1.25. The summed E-state index contributed by atoms with van der Waals surface area (Å²) in [5.74, 6) is 0.272. The summed E-state index contributed by atoms with van der Waals surface area (Å²) in [4.78, 5) is 35.5. The van der Waals surface area contributed by atoms with Gasteiger partial charge in [0.05, 0.1) is 17.1 Å². The highest BCUT2D eigenvalue weighted by Gasteiger charge is 2.33. The molecular formula is C31H29F3N6O3S. The van der Waals surface area contributed by atoms with Crippen LogP contribution in [-0.4, -0.2) is 50.5 Å². The van der Waals surface area contributed by atoms with Crippen molar-refractivity contribution in [2.24, 2.45) is 4.99 Å². The van der Waals surface area contributed by atoms with E-state index in [9.17, 15) is 22.8 Å². The molecule has 1 aromatic heterocycles. The van der Waals surface area contributed by atoms with Crippen molar-refractivity contribution in [1.29, 1.82) is 0 Å². The lowest BCUT2D eigenvalue weighted by Crippen LogP contribution is -2.32. The molecule has 1 fully saturated rings. The Kier molecular flexibility index (Phi) is 9.33. The van der Waals surface area contributed by atoms with Crippen LogP contribution in [0.25, 0.3) is 17.1 Å². The van der Waals surface area contributed by atoms with Crippen molar-refractivity contribution in [3.05, 3.63) is 89.7 Å². The third-order valence-electron chi connectivity index (χ3n) is 6.82. The molecule has 0 aliphatic carbocycles. The van der Waals surface area contributed by atoms with Gasteiger partial charge in [0.25, 0.3) is 0 Å². The number of benzene rings is 3. The molecule has 1 aliphatic rings. The van der Waals surface area contributed by atoms with E-state index in [0.717, 1.165) is 34.4 Å². The zero-order valence-electron chi connectivity index (χ0n) is 24.0. The first-order chi connectivity index (χ1) is 21.1. The maximum Gasteiger partial charge on any atom is 0.573 e. The number of alkyl halides is 3. The number of hydrogen-bond acceptors (Lipinski definition) is 6. The van der Waals surface area contributed by atoms with Gasteiger partial charge in [-0.15, -0.1) is 18.3 Å². The van der Waals surface area contributed by atoms with Gasteiger partial charge < -0.3 is 10.1 Å². The van der Waals surface area contributed by atoms with E-state index in [-0.39, 0.29) is 17.4 Å². The molecule has 44 heavy (non-hydrogen) atoms. The standard InChI is InChI=1S/C31H29F3N6O3S/c1-3-22-10-4-7-20(2)27(22)40-26(41)18-44-30(40)37-29(42)35-16-6-9-21-8-5-11-23(17-21)28-36-19-39(38-28)24-12-14-25(15-13-24)43-31(32,33)34/h4-5,7-8,10-15,17,19H,3,6,9,16,18H2,1-2H3,(H,35,42).